The highest BCUT2D eigenvalue weighted by atomic mass is 16.6. The minimum atomic E-state index is -0.479. The number of rotatable bonds is 8. The molecule has 3 amide bonds. The Morgan fingerprint density at radius 3 is 1.62 bits per heavy atom. The molecule has 0 aliphatic rings. The van der Waals surface area contributed by atoms with Crippen LogP contribution in [-0.2, 0) is 27.3 Å². The molecule has 0 saturated carbocycles. The molecule has 0 bridgehead atoms. The number of alkyl carbamates (subject to hydrolysis) is 3. The van der Waals surface area contributed by atoms with E-state index < -0.39 is 29.0 Å². The van der Waals surface area contributed by atoms with Gasteiger partial charge in [-0.15, -0.1) is 0 Å². The summed E-state index contributed by atoms with van der Waals surface area (Å²) in [7, 11) is 0. The van der Waals surface area contributed by atoms with Gasteiger partial charge in [-0.1, -0.05) is 14.4 Å². The lowest BCUT2D eigenvalue weighted by atomic mass is 10.2. The van der Waals surface area contributed by atoms with E-state index in [4.69, 9.17) is 14.2 Å². The predicted octanol–water partition coefficient (Wildman–Crippen LogP) is 6.47. The minimum Gasteiger partial charge on any atom is -0.444 e. The fourth-order valence-corrected chi connectivity index (χ4v) is 3.86. The number of carbonyl (C=O) groups is 3. The quantitative estimate of drug-likeness (QED) is 0.173. The van der Waals surface area contributed by atoms with E-state index in [-0.39, 0.29) is 13.5 Å². The van der Waals surface area contributed by atoms with Gasteiger partial charge in [-0.05, 0) is 93.0 Å². The van der Waals surface area contributed by atoms with E-state index in [2.05, 4.69) is 35.9 Å². The first-order valence-corrected chi connectivity index (χ1v) is 16.3. The van der Waals surface area contributed by atoms with E-state index in [9.17, 15) is 14.4 Å². The summed E-state index contributed by atoms with van der Waals surface area (Å²) >= 11 is 0. The maximum atomic E-state index is 11.5. The zero-order valence-corrected chi connectivity index (χ0v) is 30.5. The Labute approximate surface area is 295 Å². The summed E-state index contributed by atoms with van der Waals surface area (Å²) in [5, 5.41) is 8.04. The van der Waals surface area contributed by atoms with Gasteiger partial charge in [0.25, 0.3) is 0 Å². The summed E-state index contributed by atoms with van der Waals surface area (Å²) in [6, 6.07) is 7.56. The van der Waals surface area contributed by atoms with Crippen LogP contribution in [0.15, 0.2) is 49.3 Å². The van der Waals surface area contributed by atoms with Crippen LogP contribution in [0.3, 0.4) is 0 Å². The van der Waals surface area contributed by atoms with Crippen LogP contribution < -0.4 is 16.0 Å². The third-order valence-corrected chi connectivity index (χ3v) is 5.73. The van der Waals surface area contributed by atoms with E-state index >= 15 is 0 Å². The second-order valence-corrected chi connectivity index (χ2v) is 13.9. The van der Waals surface area contributed by atoms with E-state index in [1.807, 2.05) is 103 Å². The van der Waals surface area contributed by atoms with Crippen molar-refractivity contribution in [3.05, 3.63) is 49.3 Å². The van der Waals surface area contributed by atoms with Gasteiger partial charge in [-0.25, -0.2) is 34.3 Å². The molecule has 15 nitrogen and oxygen atoms in total. The van der Waals surface area contributed by atoms with Crippen molar-refractivity contribution in [1.29, 1.82) is 0 Å². The number of aromatic nitrogens is 6. The Kier molecular flexibility index (Phi) is 17.1. The van der Waals surface area contributed by atoms with Crippen LogP contribution >= 0.6 is 0 Å². The van der Waals surface area contributed by atoms with Crippen LogP contribution in [0.1, 0.15) is 83.1 Å². The van der Waals surface area contributed by atoms with Crippen LogP contribution in [-0.4, -0.2) is 83.8 Å². The maximum absolute atomic E-state index is 11.5. The molecular formula is C35H57N9O6. The molecule has 0 aliphatic heterocycles. The van der Waals surface area contributed by atoms with Gasteiger partial charge in [-0.3, -0.25) is 0 Å². The van der Waals surface area contributed by atoms with Gasteiger partial charge >= 0.3 is 18.3 Å². The van der Waals surface area contributed by atoms with Crippen LogP contribution in [0.2, 0.25) is 0 Å². The second-order valence-electron chi connectivity index (χ2n) is 13.9. The van der Waals surface area contributed by atoms with E-state index in [1.54, 1.807) is 25.0 Å². The number of amides is 3. The molecule has 4 rings (SSSR count). The standard InChI is InChI=1S/2C13H18N4O2.C8H17NO2.CH4/c1-13(2,3)19-12(18)15-7-8-17-9-16-11-10(17)5-4-6-14-11;1-13(2,3)19-12(18)15-7-8-17-9-16-10-5-4-6-14-11(10)17;1-5-6-9-7(10)11-8(2,3)4;/h2*4-6,9H,7-8H2,1-3H3,(H,15,18);5-6H2,1-4H3,(H,9,10);1H4. The normalized spacial score (nSPS) is 11.2. The van der Waals surface area contributed by atoms with Gasteiger partial charge in [0.05, 0.1) is 18.2 Å². The average molecular weight is 700 g/mol. The van der Waals surface area contributed by atoms with Crippen molar-refractivity contribution in [3.8, 4) is 0 Å². The Balaban J connectivity index is 0.000000387. The van der Waals surface area contributed by atoms with Crippen molar-refractivity contribution in [3.63, 3.8) is 0 Å². The van der Waals surface area contributed by atoms with Gasteiger partial charge in [0.1, 0.15) is 22.3 Å². The Morgan fingerprint density at radius 2 is 1.10 bits per heavy atom. The summed E-state index contributed by atoms with van der Waals surface area (Å²) < 4.78 is 19.1. The molecule has 0 aliphatic carbocycles. The molecule has 4 aromatic heterocycles. The molecule has 0 atom stereocenters. The van der Waals surface area contributed by atoms with E-state index in [0.29, 0.717) is 38.4 Å². The first-order chi connectivity index (χ1) is 22.9. The number of carbonyl (C=O) groups excluding carboxylic acids is 3. The lowest BCUT2D eigenvalue weighted by molar-refractivity contribution is 0.0514. The number of hydrogen-bond acceptors (Lipinski definition) is 10. The first-order valence-electron chi connectivity index (χ1n) is 16.3. The van der Waals surface area contributed by atoms with Gasteiger partial charge < -0.3 is 39.3 Å². The zero-order valence-electron chi connectivity index (χ0n) is 30.5. The minimum absolute atomic E-state index is 0. The molecule has 0 spiro atoms. The van der Waals surface area contributed by atoms with Crippen molar-refractivity contribution < 1.29 is 28.6 Å². The summed E-state index contributed by atoms with van der Waals surface area (Å²) in [6.07, 6.45) is 6.64. The van der Waals surface area contributed by atoms with Crippen LogP contribution in [0.4, 0.5) is 14.4 Å². The molecule has 0 radical (unpaired) electrons. The van der Waals surface area contributed by atoms with Crippen molar-refractivity contribution in [2.24, 2.45) is 0 Å². The highest BCUT2D eigenvalue weighted by Crippen LogP contribution is 2.11. The van der Waals surface area contributed by atoms with E-state index in [0.717, 1.165) is 23.1 Å². The molecule has 0 unspecified atom stereocenters. The molecule has 3 N–H and O–H groups in total. The number of hydrogen-bond donors (Lipinski definition) is 3. The molecule has 4 aromatic rings. The molecule has 50 heavy (non-hydrogen) atoms. The average Bonchev–Trinajstić information content (AvgIpc) is 3.58. The molecule has 0 saturated heterocycles. The second kappa shape index (κ2) is 19.9. The lowest BCUT2D eigenvalue weighted by Crippen LogP contribution is -2.34. The number of nitrogens with one attached hydrogen (secondary N) is 3. The smallest absolute Gasteiger partial charge is 0.407 e. The number of imidazole rings is 2. The fraction of sp³-hybridized carbons (Fsp3) is 0.571. The molecule has 15 heteroatoms. The van der Waals surface area contributed by atoms with Crippen LogP contribution in [0, 0.1) is 0 Å². The largest absolute Gasteiger partial charge is 0.444 e. The maximum Gasteiger partial charge on any atom is 0.407 e. The van der Waals surface area contributed by atoms with Crippen molar-refractivity contribution in [1.82, 2.24) is 45.0 Å². The number of ether oxygens (including phenoxy) is 3. The highest BCUT2D eigenvalue weighted by Gasteiger charge is 2.17. The highest BCUT2D eigenvalue weighted by molar-refractivity contribution is 5.71. The third-order valence-electron chi connectivity index (χ3n) is 5.73. The van der Waals surface area contributed by atoms with Gasteiger partial charge in [-0.2, -0.15) is 0 Å². The summed E-state index contributed by atoms with van der Waals surface area (Å²) in [5.41, 5.74) is 1.97. The predicted molar refractivity (Wildman–Crippen MR) is 195 cm³/mol. The summed E-state index contributed by atoms with van der Waals surface area (Å²) in [4.78, 5) is 50.7. The van der Waals surface area contributed by atoms with Crippen molar-refractivity contribution in [2.75, 3.05) is 19.6 Å². The third kappa shape index (κ3) is 17.4. The van der Waals surface area contributed by atoms with Crippen molar-refractivity contribution >= 4 is 40.6 Å². The van der Waals surface area contributed by atoms with Crippen LogP contribution in [0.5, 0.6) is 0 Å². The fourth-order valence-electron chi connectivity index (χ4n) is 3.86. The molecule has 278 valence electrons. The van der Waals surface area contributed by atoms with Gasteiger partial charge in [0, 0.05) is 45.1 Å². The summed E-state index contributed by atoms with van der Waals surface area (Å²) in [6.45, 7) is 21.4. The molecule has 0 fully saturated rings. The first kappa shape index (κ1) is 43.1. The number of nitrogens with zero attached hydrogens (tertiary/aromatic N) is 6. The Bertz CT molecular complexity index is 1510. The molecular weight excluding hydrogens is 642 g/mol. The monoisotopic (exact) mass is 699 g/mol. The van der Waals surface area contributed by atoms with E-state index in [1.165, 1.54) is 0 Å². The molecule has 4 heterocycles. The summed E-state index contributed by atoms with van der Waals surface area (Å²) in [5.74, 6) is 0. The number of pyridine rings is 2. The van der Waals surface area contributed by atoms with Gasteiger partial charge in [0.15, 0.2) is 11.3 Å². The number of fused-ring (bicyclic) bond motifs is 2. The topological polar surface area (TPSA) is 176 Å². The zero-order chi connectivity index (χ0) is 36.7. The van der Waals surface area contributed by atoms with Crippen LogP contribution in [0.25, 0.3) is 22.3 Å². The SMILES string of the molecule is C.CC(C)(C)OC(=O)NCCn1cnc2cccnc21.CC(C)(C)OC(=O)NCCn1cnc2ncccc21.CCCNC(=O)OC(C)(C)C. The molecule has 0 aromatic carbocycles. The van der Waals surface area contributed by atoms with Gasteiger partial charge in [0.2, 0.25) is 0 Å². The Morgan fingerprint density at radius 1 is 0.640 bits per heavy atom. The van der Waals surface area contributed by atoms with Crippen molar-refractivity contribution in [2.45, 2.75) is 113 Å². The Hall–Kier alpha value is -4.95. The lowest BCUT2D eigenvalue weighted by Gasteiger charge is -2.19.